The molecule has 2 N–H and O–H groups in total. The van der Waals surface area contributed by atoms with Crippen LogP contribution in [0.4, 0.5) is 38.1 Å². The monoisotopic (exact) mass is 505 g/mol. The van der Waals surface area contributed by atoms with Crippen molar-refractivity contribution in [2.75, 3.05) is 23.7 Å². The molecule has 12 heteroatoms. The molecule has 0 aromatic heterocycles. The zero-order valence-corrected chi connectivity index (χ0v) is 18.7. The molecule has 3 rings (SSSR count). The number of nitrogens with one attached hydrogen (secondary N) is 2. The van der Waals surface area contributed by atoms with Gasteiger partial charge in [-0.1, -0.05) is 17.7 Å². The molecule has 2 aromatic rings. The number of alkyl halides is 3. The number of urea groups is 1. The molecule has 184 valence electrons. The largest absolute Gasteiger partial charge is 0.480 e. The first-order valence-electron chi connectivity index (χ1n) is 10.4. The van der Waals surface area contributed by atoms with Crippen molar-refractivity contribution in [1.82, 2.24) is 4.90 Å². The molecule has 0 unspecified atom stereocenters. The topological polar surface area (TPSA) is 70.7 Å². The molecule has 0 spiro atoms. The smallest absolute Gasteiger partial charge is 0.425 e. The van der Waals surface area contributed by atoms with E-state index in [0.29, 0.717) is 26.1 Å². The van der Waals surface area contributed by atoms with Crippen LogP contribution in [0.2, 0.25) is 5.02 Å². The fourth-order valence-electron chi connectivity index (χ4n) is 3.27. The Labute approximate surface area is 197 Å². The van der Waals surface area contributed by atoms with Gasteiger partial charge in [0.1, 0.15) is 17.4 Å². The average molecular weight is 506 g/mol. The summed E-state index contributed by atoms with van der Waals surface area (Å²) in [5, 5.41) is 4.25. The Balaban J connectivity index is 1.94. The second-order valence-electron chi connectivity index (χ2n) is 7.66. The Bertz CT molecular complexity index is 1050. The number of ether oxygens (including phenoxy) is 1. The number of benzene rings is 2. The Morgan fingerprint density at radius 2 is 1.74 bits per heavy atom. The Morgan fingerprint density at radius 3 is 2.35 bits per heavy atom. The van der Waals surface area contributed by atoms with Crippen molar-refractivity contribution in [3.63, 3.8) is 0 Å². The van der Waals surface area contributed by atoms with Crippen molar-refractivity contribution >= 4 is 34.9 Å². The van der Waals surface area contributed by atoms with E-state index in [-0.39, 0.29) is 5.02 Å². The van der Waals surface area contributed by atoms with Crippen LogP contribution < -0.4 is 15.4 Å². The minimum atomic E-state index is -4.80. The summed E-state index contributed by atoms with van der Waals surface area (Å²) >= 11 is 5.87. The van der Waals surface area contributed by atoms with Gasteiger partial charge < -0.3 is 20.3 Å². The van der Waals surface area contributed by atoms with Crippen LogP contribution in [-0.2, 0) is 0 Å². The van der Waals surface area contributed by atoms with E-state index in [1.807, 2.05) is 0 Å². The molecule has 0 aliphatic carbocycles. The third-order valence-corrected chi connectivity index (χ3v) is 5.48. The number of hydrogen-bond donors (Lipinski definition) is 2. The summed E-state index contributed by atoms with van der Waals surface area (Å²) < 4.78 is 73.1. The molecular weight excluding hydrogens is 485 g/mol. The molecule has 1 saturated heterocycles. The Kier molecular flexibility index (Phi) is 7.86. The van der Waals surface area contributed by atoms with Gasteiger partial charge in [-0.05, 0) is 44.4 Å². The van der Waals surface area contributed by atoms with Crippen molar-refractivity contribution < 1.29 is 36.3 Å². The maximum absolute atomic E-state index is 14.8. The van der Waals surface area contributed by atoms with E-state index in [0.717, 1.165) is 31.4 Å². The van der Waals surface area contributed by atoms with Gasteiger partial charge in [-0.25, -0.2) is 13.6 Å². The van der Waals surface area contributed by atoms with Gasteiger partial charge in [0.15, 0.2) is 6.10 Å². The van der Waals surface area contributed by atoms with E-state index in [9.17, 15) is 31.5 Å². The van der Waals surface area contributed by atoms with E-state index in [1.165, 1.54) is 17.0 Å². The number of rotatable bonds is 5. The fourth-order valence-corrected chi connectivity index (χ4v) is 3.48. The van der Waals surface area contributed by atoms with Gasteiger partial charge in [-0.2, -0.15) is 13.2 Å². The van der Waals surface area contributed by atoms with Crippen LogP contribution in [0, 0.1) is 11.6 Å². The van der Waals surface area contributed by atoms with Gasteiger partial charge in [0.05, 0.1) is 22.0 Å². The molecular formula is C22H21ClF5N3O3. The third-order valence-electron chi connectivity index (χ3n) is 5.16. The second kappa shape index (κ2) is 10.5. The predicted octanol–water partition coefficient (Wildman–Crippen LogP) is 6.22. The van der Waals surface area contributed by atoms with Crippen LogP contribution in [0.25, 0.3) is 0 Å². The lowest BCUT2D eigenvalue weighted by Gasteiger charge is -2.27. The van der Waals surface area contributed by atoms with Crippen LogP contribution in [0.15, 0.2) is 30.3 Å². The molecule has 1 fully saturated rings. The van der Waals surface area contributed by atoms with E-state index < -0.39 is 58.5 Å². The van der Waals surface area contributed by atoms with Crippen LogP contribution in [0.5, 0.6) is 5.75 Å². The first kappa shape index (κ1) is 25.5. The number of piperidine rings is 1. The summed E-state index contributed by atoms with van der Waals surface area (Å²) in [5.74, 6) is -3.82. The van der Waals surface area contributed by atoms with E-state index >= 15 is 0 Å². The lowest BCUT2D eigenvalue weighted by atomic mass is 10.1. The van der Waals surface area contributed by atoms with E-state index in [4.69, 9.17) is 16.3 Å². The molecule has 0 radical (unpaired) electrons. The van der Waals surface area contributed by atoms with E-state index in [1.54, 1.807) is 0 Å². The van der Waals surface area contributed by atoms with Crippen molar-refractivity contribution in [3.8, 4) is 5.75 Å². The highest BCUT2D eigenvalue weighted by atomic mass is 35.5. The first-order valence-corrected chi connectivity index (χ1v) is 10.7. The van der Waals surface area contributed by atoms with Crippen molar-refractivity contribution in [3.05, 3.63) is 52.6 Å². The zero-order valence-electron chi connectivity index (χ0n) is 17.9. The molecule has 6 nitrogen and oxygen atoms in total. The second-order valence-corrected chi connectivity index (χ2v) is 8.07. The minimum absolute atomic E-state index is 0.176. The summed E-state index contributed by atoms with van der Waals surface area (Å²) in [4.78, 5) is 26.6. The number of hydrogen-bond acceptors (Lipinski definition) is 3. The van der Waals surface area contributed by atoms with Gasteiger partial charge in [-0.3, -0.25) is 4.79 Å². The number of likely N-dealkylation sites (tertiary alicyclic amines) is 1. The van der Waals surface area contributed by atoms with Crippen molar-refractivity contribution in [2.45, 2.75) is 38.5 Å². The predicted molar refractivity (Wildman–Crippen MR) is 116 cm³/mol. The SMILES string of the molecule is C[C@H](Oc1cc(NC(=O)N2CCCCC2)c(F)cc1C(=O)Nc1c(F)cccc1Cl)C(F)(F)F. The normalized spacial score (nSPS) is 15.0. The Hall–Kier alpha value is -3.08. The van der Waals surface area contributed by atoms with Gasteiger partial charge in [0.2, 0.25) is 0 Å². The number of anilines is 2. The summed E-state index contributed by atoms with van der Waals surface area (Å²) in [6.07, 6.45) is -4.68. The molecule has 1 aliphatic heterocycles. The summed E-state index contributed by atoms with van der Waals surface area (Å²) in [6, 6.07) is 4.33. The maximum atomic E-state index is 14.8. The molecule has 1 aliphatic rings. The standard InChI is InChI=1S/C22H21ClF5N3O3/c1-12(22(26,27)28)34-18-11-17(29-21(33)31-8-3-2-4-9-31)16(25)10-13(18)20(32)30-19-14(23)6-5-7-15(19)24/h5-7,10-12H,2-4,8-9H2,1H3,(H,29,33)(H,30,32)/t12-/m0/s1. The molecule has 3 amide bonds. The number of nitrogens with zero attached hydrogens (tertiary/aromatic N) is 1. The highest BCUT2D eigenvalue weighted by Crippen LogP contribution is 2.33. The molecule has 0 saturated carbocycles. The lowest BCUT2D eigenvalue weighted by Crippen LogP contribution is -2.39. The van der Waals surface area contributed by atoms with Crippen LogP contribution in [0.1, 0.15) is 36.5 Å². The summed E-state index contributed by atoms with van der Waals surface area (Å²) in [5.41, 5.74) is -1.56. The Morgan fingerprint density at radius 1 is 1.06 bits per heavy atom. The van der Waals surface area contributed by atoms with Crippen molar-refractivity contribution in [2.24, 2.45) is 0 Å². The van der Waals surface area contributed by atoms with Crippen LogP contribution >= 0.6 is 11.6 Å². The molecule has 1 heterocycles. The molecule has 2 aromatic carbocycles. The quantitative estimate of drug-likeness (QED) is 0.474. The van der Waals surface area contributed by atoms with Crippen LogP contribution in [0.3, 0.4) is 0 Å². The molecule has 1 atom stereocenters. The first-order chi connectivity index (χ1) is 16.0. The maximum Gasteiger partial charge on any atom is 0.425 e. The number of carbonyl (C=O) groups excluding carboxylic acids is 2. The lowest BCUT2D eigenvalue weighted by molar-refractivity contribution is -0.189. The molecule has 34 heavy (non-hydrogen) atoms. The highest BCUT2D eigenvalue weighted by molar-refractivity contribution is 6.34. The fraction of sp³-hybridized carbons (Fsp3) is 0.364. The number of carbonyl (C=O) groups is 2. The molecule has 0 bridgehead atoms. The zero-order chi connectivity index (χ0) is 25.0. The van der Waals surface area contributed by atoms with Crippen LogP contribution in [-0.4, -0.2) is 42.2 Å². The van der Waals surface area contributed by atoms with Gasteiger partial charge in [-0.15, -0.1) is 0 Å². The van der Waals surface area contributed by atoms with Gasteiger partial charge in [0, 0.05) is 19.2 Å². The average Bonchev–Trinajstić information content (AvgIpc) is 2.78. The number of para-hydroxylation sites is 1. The summed E-state index contributed by atoms with van der Waals surface area (Å²) in [6.45, 7) is 1.60. The minimum Gasteiger partial charge on any atom is -0.480 e. The highest BCUT2D eigenvalue weighted by Gasteiger charge is 2.39. The summed E-state index contributed by atoms with van der Waals surface area (Å²) in [7, 11) is 0. The number of amides is 3. The van der Waals surface area contributed by atoms with E-state index in [2.05, 4.69) is 10.6 Å². The van der Waals surface area contributed by atoms with Crippen molar-refractivity contribution in [1.29, 1.82) is 0 Å². The van der Waals surface area contributed by atoms with Gasteiger partial charge >= 0.3 is 12.2 Å². The third kappa shape index (κ3) is 6.07. The van der Waals surface area contributed by atoms with Gasteiger partial charge in [0.25, 0.3) is 5.91 Å². The number of halogens is 6.